The summed E-state index contributed by atoms with van der Waals surface area (Å²) in [7, 11) is 2.04. The van der Waals surface area contributed by atoms with Crippen molar-refractivity contribution in [3.63, 3.8) is 0 Å². The maximum atomic E-state index is 4.31. The summed E-state index contributed by atoms with van der Waals surface area (Å²) in [6.07, 6.45) is 2.67. The Balaban J connectivity index is 0.00000128. The molecule has 1 aliphatic rings. The minimum Gasteiger partial charge on any atom is -0.318 e. The molecule has 0 saturated carbocycles. The van der Waals surface area contributed by atoms with Crippen LogP contribution in [0.15, 0.2) is 5.51 Å². The average molecular weight is 262 g/mol. The van der Waals surface area contributed by atoms with E-state index in [0.717, 1.165) is 19.1 Å². The highest BCUT2D eigenvalue weighted by molar-refractivity contribution is 7.09. The van der Waals surface area contributed by atoms with Gasteiger partial charge in [-0.15, -0.1) is 23.7 Å². The summed E-state index contributed by atoms with van der Waals surface area (Å²) in [5, 5.41) is 3.28. The zero-order valence-corrected chi connectivity index (χ0v) is 11.5. The quantitative estimate of drug-likeness (QED) is 0.899. The Hall–Kier alpha value is -0.160. The molecule has 92 valence electrons. The molecule has 1 aromatic heterocycles. The highest BCUT2D eigenvalue weighted by Crippen LogP contribution is 2.22. The van der Waals surface area contributed by atoms with Crippen molar-refractivity contribution in [2.24, 2.45) is 0 Å². The fraction of sp³-hybridized carbons (Fsp3) is 0.727. The highest BCUT2D eigenvalue weighted by atomic mass is 35.5. The highest BCUT2D eigenvalue weighted by Gasteiger charge is 2.24. The lowest BCUT2D eigenvalue weighted by Gasteiger charge is -2.23. The van der Waals surface area contributed by atoms with Crippen LogP contribution in [-0.4, -0.2) is 36.1 Å². The Morgan fingerprint density at radius 3 is 3.06 bits per heavy atom. The fourth-order valence-electron chi connectivity index (χ4n) is 2.23. The largest absolute Gasteiger partial charge is 0.318 e. The van der Waals surface area contributed by atoms with E-state index in [9.17, 15) is 0 Å². The number of nitrogens with one attached hydrogen (secondary N) is 1. The number of aryl methyl sites for hydroxylation is 1. The van der Waals surface area contributed by atoms with Gasteiger partial charge in [-0.1, -0.05) is 0 Å². The second kappa shape index (κ2) is 6.55. The van der Waals surface area contributed by atoms with E-state index in [0.29, 0.717) is 0 Å². The molecule has 1 saturated heterocycles. The molecule has 2 heterocycles. The number of aromatic nitrogens is 1. The third kappa shape index (κ3) is 3.17. The van der Waals surface area contributed by atoms with E-state index < -0.39 is 0 Å². The van der Waals surface area contributed by atoms with Crippen LogP contribution in [0, 0.1) is 6.92 Å². The van der Waals surface area contributed by atoms with E-state index in [4.69, 9.17) is 0 Å². The van der Waals surface area contributed by atoms with Gasteiger partial charge in [0.2, 0.25) is 0 Å². The van der Waals surface area contributed by atoms with E-state index in [-0.39, 0.29) is 12.4 Å². The molecule has 1 atom stereocenters. The molecule has 3 nitrogen and oxygen atoms in total. The van der Waals surface area contributed by atoms with Crippen LogP contribution in [0.1, 0.15) is 23.4 Å². The summed E-state index contributed by atoms with van der Waals surface area (Å²) in [5.74, 6) is 0. The number of hydrogen-bond donors (Lipinski definition) is 1. The van der Waals surface area contributed by atoms with Gasteiger partial charge in [0, 0.05) is 24.0 Å². The van der Waals surface area contributed by atoms with Crippen molar-refractivity contribution < 1.29 is 0 Å². The van der Waals surface area contributed by atoms with E-state index in [1.165, 1.54) is 30.0 Å². The molecular weight excluding hydrogens is 242 g/mol. The number of halogens is 1. The molecule has 1 aliphatic heterocycles. The lowest BCUT2D eigenvalue weighted by Crippen LogP contribution is -2.36. The summed E-state index contributed by atoms with van der Waals surface area (Å²) in [6, 6.07) is 0.719. The van der Waals surface area contributed by atoms with Gasteiger partial charge in [0.25, 0.3) is 0 Å². The van der Waals surface area contributed by atoms with Crippen LogP contribution in [0.25, 0.3) is 0 Å². The Bertz CT molecular complexity index is 316. The van der Waals surface area contributed by atoms with Crippen LogP contribution < -0.4 is 5.32 Å². The molecule has 0 aromatic carbocycles. The standard InChI is InChI=1S/C11H19N3S.ClH/c1-9-11(15-8-13-9)7-14-5-3-4-10(14)6-12-2;/h8,10,12H,3-7H2,1-2H3;1H. The van der Waals surface area contributed by atoms with Crippen molar-refractivity contribution in [2.75, 3.05) is 20.1 Å². The van der Waals surface area contributed by atoms with Crippen molar-refractivity contribution in [1.29, 1.82) is 0 Å². The molecule has 16 heavy (non-hydrogen) atoms. The van der Waals surface area contributed by atoms with Gasteiger partial charge in [-0.25, -0.2) is 4.98 Å². The molecule has 0 bridgehead atoms. The second-order valence-corrected chi connectivity index (χ2v) is 5.12. The molecule has 0 aliphatic carbocycles. The van der Waals surface area contributed by atoms with Crippen LogP contribution in [-0.2, 0) is 6.54 Å². The second-order valence-electron chi connectivity index (χ2n) is 4.19. The van der Waals surface area contributed by atoms with Crippen LogP contribution in [0.2, 0.25) is 0 Å². The molecule has 0 spiro atoms. The lowest BCUT2D eigenvalue weighted by atomic mass is 10.2. The number of nitrogens with zero attached hydrogens (tertiary/aromatic N) is 2. The lowest BCUT2D eigenvalue weighted by molar-refractivity contribution is 0.244. The van der Waals surface area contributed by atoms with Crippen molar-refractivity contribution in [3.05, 3.63) is 16.1 Å². The topological polar surface area (TPSA) is 28.2 Å². The molecule has 1 unspecified atom stereocenters. The number of likely N-dealkylation sites (tertiary alicyclic amines) is 1. The summed E-state index contributed by atoms with van der Waals surface area (Å²) in [6.45, 7) is 5.54. The molecule has 0 radical (unpaired) electrons. The number of thiazole rings is 1. The minimum absolute atomic E-state index is 0. The Morgan fingerprint density at radius 2 is 2.44 bits per heavy atom. The molecule has 5 heteroatoms. The van der Waals surface area contributed by atoms with E-state index in [2.05, 4.69) is 22.1 Å². The van der Waals surface area contributed by atoms with Crippen molar-refractivity contribution in [2.45, 2.75) is 32.4 Å². The average Bonchev–Trinajstić information content (AvgIpc) is 2.80. The third-order valence-corrected chi connectivity index (χ3v) is 4.05. The summed E-state index contributed by atoms with van der Waals surface area (Å²) >= 11 is 1.78. The van der Waals surface area contributed by atoms with Gasteiger partial charge in [0.15, 0.2) is 0 Å². The summed E-state index contributed by atoms with van der Waals surface area (Å²) in [5.41, 5.74) is 3.16. The van der Waals surface area contributed by atoms with Gasteiger partial charge in [-0.3, -0.25) is 4.90 Å². The first kappa shape index (κ1) is 13.9. The predicted molar refractivity (Wildman–Crippen MR) is 71.5 cm³/mol. The van der Waals surface area contributed by atoms with Crippen molar-refractivity contribution in [3.8, 4) is 0 Å². The fourth-order valence-corrected chi connectivity index (χ4v) is 3.03. The summed E-state index contributed by atoms with van der Waals surface area (Å²) < 4.78 is 0. The summed E-state index contributed by atoms with van der Waals surface area (Å²) in [4.78, 5) is 8.32. The van der Waals surface area contributed by atoms with Crippen LogP contribution in [0.3, 0.4) is 0 Å². The van der Waals surface area contributed by atoms with Gasteiger partial charge < -0.3 is 5.32 Å². The van der Waals surface area contributed by atoms with E-state index in [1.54, 1.807) is 11.3 Å². The van der Waals surface area contributed by atoms with E-state index in [1.807, 2.05) is 12.6 Å². The van der Waals surface area contributed by atoms with E-state index >= 15 is 0 Å². The molecule has 0 amide bonds. The molecule has 1 fully saturated rings. The maximum Gasteiger partial charge on any atom is 0.0798 e. The van der Waals surface area contributed by atoms with Gasteiger partial charge in [-0.05, 0) is 33.4 Å². The SMILES string of the molecule is CNCC1CCCN1Cc1scnc1C.Cl. The first-order valence-electron chi connectivity index (χ1n) is 5.59. The Kier molecular flexibility index (Phi) is 5.69. The molecule has 1 N–H and O–H groups in total. The smallest absolute Gasteiger partial charge is 0.0798 e. The number of rotatable bonds is 4. The zero-order valence-electron chi connectivity index (χ0n) is 9.90. The Labute approximate surface area is 108 Å². The number of hydrogen-bond acceptors (Lipinski definition) is 4. The Morgan fingerprint density at radius 1 is 1.62 bits per heavy atom. The van der Waals surface area contributed by atoms with Gasteiger partial charge >= 0.3 is 0 Å². The molecule has 1 aromatic rings. The monoisotopic (exact) mass is 261 g/mol. The van der Waals surface area contributed by atoms with Gasteiger partial charge in [-0.2, -0.15) is 0 Å². The van der Waals surface area contributed by atoms with Gasteiger partial charge in [0.05, 0.1) is 11.2 Å². The van der Waals surface area contributed by atoms with Gasteiger partial charge in [0.1, 0.15) is 0 Å². The first-order valence-corrected chi connectivity index (χ1v) is 6.47. The third-order valence-electron chi connectivity index (χ3n) is 3.13. The normalized spacial score (nSPS) is 21.0. The zero-order chi connectivity index (χ0) is 10.7. The minimum atomic E-state index is 0. The van der Waals surface area contributed by atoms with Crippen LogP contribution >= 0.6 is 23.7 Å². The molecule has 2 rings (SSSR count). The number of likely N-dealkylation sites (N-methyl/N-ethyl adjacent to an activating group) is 1. The predicted octanol–water partition coefficient (Wildman–Crippen LogP) is 2.06. The van der Waals surface area contributed by atoms with Crippen molar-refractivity contribution in [1.82, 2.24) is 15.2 Å². The first-order chi connectivity index (χ1) is 7.31. The van der Waals surface area contributed by atoms with Crippen molar-refractivity contribution >= 4 is 23.7 Å². The maximum absolute atomic E-state index is 4.31. The molecular formula is C11H20ClN3S. The van der Waals surface area contributed by atoms with Crippen LogP contribution in [0.4, 0.5) is 0 Å². The van der Waals surface area contributed by atoms with Crippen LogP contribution in [0.5, 0.6) is 0 Å².